The van der Waals surface area contributed by atoms with Crippen molar-refractivity contribution in [3.05, 3.63) is 60.4 Å². The minimum Gasteiger partial charge on any atom is -0.331 e. The van der Waals surface area contributed by atoms with Gasteiger partial charge in [0, 0.05) is 24.1 Å². The average Bonchev–Trinajstić information content (AvgIpc) is 3.13. The van der Waals surface area contributed by atoms with Gasteiger partial charge in [-0.1, -0.05) is 18.2 Å². The Morgan fingerprint density at radius 2 is 2.12 bits per heavy atom. The number of nitrogens with zero attached hydrogens (tertiary/aromatic N) is 5. The lowest BCUT2D eigenvalue weighted by atomic mass is 10.2. The molecule has 25 heavy (non-hydrogen) atoms. The van der Waals surface area contributed by atoms with Crippen LogP contribution in [0.3, 0.4) is 0 Å². The Kier molecular flexibility index (Phi) is 4.16. The van der Waals surface area contributed by atoms with Gasteiger partial charge in [-0.3, -0.25) is 4.68 Å². The van der Waals surface area contributed by atoms with Crippen molar-refractivity contribution >= 4 is 11.7 Å². The minimum absolute atomic E-state index is 0.265. The van der Waals surface area contributed by atoms with E-state index >= 15 is 0 Å². The van der Waals surface area contributed by atoms with Gasteiger partial charge in [-0.2, -0.15) is 5.10 Å². The van der Waals surface area contributed by atoms with Gasteiger partial charge in [-0.05, 0) is 30.5 Å². The van der Waals surface area contributed by atoms with Crippen LogP contribution >= 0.6 is 0 Å². The third-order valence-electron chi connectivity index (χ3n) is 4.15. The molecule has 1 aliphatic carbocycles. The number of aromatic nitrogens is 5. The molecule has 1 fully saturated rings. The van der Waals surface area contributed by atoms with Crippen LogP contribution in [0.5, 0.6) is 0 Å². The molecule has 1 aromatic carbocycles. The molecule has 8 heteroatoms. The minimum atomic E-state index is -0.265. The van der Waals surface area contributed by atoms with E-state index in [1.54, 1.807) is 12.5 Å². The third-order valence-corrected chi connectivity index (χ3v) is 4.15. The number of hydrogen-bond acceptors (Lipinski definition) is 4. The normalized spacial score (nSPS) is 13.6. The Hall–Kier alpha value is -3.16. The first-order valence-electron chi connectivity index (χ1n) is 8.28. The summed E-state index contributed by atoms with van der Waals surface area (Å²) in [7, 11) is 0. The van der Waals surface area contributed by atoms with Gasteiger partial charge in [-0.15, -0.1) is 10.2 Å². The zero-order valence-electron chi connectivity index (χ0n) is 13.7. The highest BCUT2D eigenvalue weighted by Gasteiger charge is 2.26. The zero-order chi connectivity index (χ0) is 17.1. The first-order valence-corrected chi connectivity index (χ1v) is 8.28. The van der Waals surface area contributed by atoms with Crippen LogP contribution in [0.4, 0.5) is 10.5 Å². The second kappa shape index (κ2) is 6.76. The molecule has 0 spiro atoms. The smallest absolute Gasteiger partial charge is 0.319 e. The number of carbonyl (C=O) groups excluding carboxylic acids is 1. The Bertz CT molecular complexity index is 852. The predicted octanol–water partition coefficient (Wildman–Crippen LogP) is 2.18. The van der Waals surface area contributed by atoms with E-state index in [4.69, 9.17) is 0 Å². The van der Waals surface area contributed by atoms with Crippen LogP contribution in [-0.2, 0) is 13.1 Å². The fraction of sp³-hybridized carbons (Fsp3) is 0.294. The summed E-state index contributed by atoms with van der Waals surface area (Å²) in [6, 6.07) is 9.79. The van der Waals surface area contributed by atoms with Gasteiger partial charge in [0.05, 0.1) is 13.1 Å². The van der Waals surface area contributed by atoms with Crippen molar-refractivity contribution in [3.63, 3.8) is 0 Å². The molecule has 0 aliphatic heterocycles. The molecule has 2 heterocycles. The molecule has 2 amide bonds. The van der Waals surface area contributed by atoms with E-state index in [9.17, 15) is 4.79 Å². The van der Waals surface area contributed by atoms with Crippen molar-refractivity contribution in [2.45, 2.75) is 32.0 Å². The first-order chi connectivity index (χ1) is 12.3. The first kappa shape index (κ1) is 15.4. The van der Waals surface area contributed by atoms with Crippen molar-refractivity contribution in [3.8, 4) is 0 Å². The van der Waals surface area contributed by atoms with Gasteiger partial charge in [0.2, 0.25) is 0 Å². The van der Waals surface area contributed by atoms with Gasteiger partial charge in [0.1, 0.15) is 6.33 Å². The maximum absolute atomic E-state index is 12.3. The fourth-order valence-electron chi connectivity index (χ4n) is 2.73. The van der Waals surface area contributed by atoms with E-state index in [0.717, 1.165) is 29.9 Å². The Balaban J connectivity index is 1.38. The van der Waals surface area contributed by atoms with E-state index in [2.05, 4.69) is 25.9 Å². The van der Waals surface area contributed by atoms with Gasteiger partial charge in [-0.25, -0.2) is 4.79 Å². The van der Waals surface area contributed by atoms with Crippen LogP contribution in [0.25, 0.3) is 0 Å². The number of benzene rings is 1. The maximum atomic E-state index is 12.3. The number of rotatable bonds is 6. The fourth-order valence-corrected chi connectivity index (χ4v) is 2.73. The molecule has 0 radical (unpaired) electrons. The summed E-state index contributed by atoms with van der Waals surface area (Å²) in [4.78, 5) is 12.3. The van der Waals surface area contributed by atoms with Crippen molar-refractivity contribution in [2.24, 2.45) is 0 Å². The molecule has 1 aliphatic rings. The summed E-state index contributed by atoms with van der Waals surface area (Å²) < 4.78 is 3.85. The summed E-state index contributed by atoms with van der Waals surface area (Å²) in [6.07, 6.45) is 7.66. The maximum Gasteiger partial charge on any atom is 0.319 e. The summed E-state index contributed by atoms with van der Waals surface area (Å²) >= 11 is 0. The Morgan fingerprint density at radius 3 is 2.92 bits per heavy atom. The highest BCUT2D eigenvalue weighted by molar-refractivity contribution is 5.90. The lowest BCUT2D eigenvalue weighted by Gasteiger charge is -2.12. The average molecular weight is 337 g/mol. The van der Waals surface area contributed by atoms with E-state index < -0.39 is 0 Å². The number of amides is 2. The molecule has 3 aromatic rings. The number of para-hydroxylation sites is 1. The molecule has 2 N–H and O–H groups in total. The van der Waals surface area contributed by atoms with Crippen LogP contribution in [0, 0.1) is 0 Å². The molecular weight excluding hydrogens is 318 g/mol. The SMILES string of the molecule is O=C(NCc1nncn1C1CC1)Nc1ccccc1Cn1cccn1. The molecule has 2 aromatic heterocycles. The largest absolute Gasteiger partial charge is 0.331 e. The monoisotopic (exact) mass is 337 g/mol. The lowest BCUT2D eigenvalue weighted by molar-refractivity contribution is 0.251. The molecule has 128 valence electrons. The van der Waals surface area contributed by atoms with E-state index in [1.807, 2.05) is 45.8 Å². The summed E-state index contributed by atoms with van der Waals surface area (Å²) in [5.41, 5.74) is 1.75. The Labute approximate surface area is 144 Å². The number of hydrogen-bond donors (Lipinski definition) is 2. The number of urea groups is 1. The molecular formula is C17H19N7O. The van der Waals surface area contributed by atoms with Crippen molar-refractivity contribution < 1.29 is 4.79 Å². The molecule has 0 atom stereocenters. The van der Waals surface area contributed by atoms with Crippen LogP contribution < -0.4 is 10.6 Å². The van der Waals surface area contributed by atoms with E-state index in [-0.39, 0.29) is 6.03 Å². The molecule has 0 saturated heterocycles. The van der Waals surface area contributed by atoms with Crippen LogP contribution in [-0.4, -0.2) is 30.6 Å². The highest BCUT2D eigenvalue weighted by Crippen LogP contribution is 2.35. The lowest BCUT2D eigenvalue weighted by Crippen LogP contribution is -2.29. The Morgan fingerprint density at radius 1 is 1.24 bits per heavy atom. The number of nitrogens with one attached hydrogen (secondary N) is 2. The van der Waals surface area contributed by atoms with Crippen LogP contribution in [0.1, 0.15) is 30.3 Å². The quantitative estimate of drug-likeness (QED) is 0.721. The molecule has 8 nitrogen and oxygen atoms in total. The van der Waals surface area contributed by atoms with Gasteiger partial charge in [0.25, 0.3) is 0 Å². The predicted molar refractivity (Wildman–Crippen MR) is 91.9 cm³/mol. The van der Waals surface area contributed by atoms with Crippen molar-refractivity contribution in [1.82, 2.24) is 29.9 Å². The number of carbonyl (C=O) groups is 1. The molecule has 1 saturated carbocycles. The standard InChI is InChI=1S/C17H19N7O/c25-17(18-10-16-22-19-12-24(16)14-6-7-14)21-15-5-2-1-4-13(15)11-23-9-3-8-20-23/h1-5,8-9,12,14H,6-7,10-11H2,(H2,18,21,25). The second-order valence-electron chi connectivity index (χ2n) is 6.05. The summed E-state index contributed by atoms with van der Waals surface area (Å²) in [5.74, 6) is 0.780. The topological polar surface area (TPSA) is 89.7 Å². The van der Waals surface area contributed by atoms with Crippen molar-refractivity contribution in [1.29, 1.82) is 0 Å². The third kappa shape index (κ3) is 3.68. The summed E-state index contributed by atoms with van der Waals surface area (Å²) in [5, 5.41) is 18.0. The summed E-state index contributed by atoms with van der Waals surface area (Å²) in [6.45, 7) is 0.948. The molecule has 0 bridgehead atoms. The van der Waals surface area contributed by atoms with Crippen molar-refractivity contribution in [2.75, 3.05) is 5.32 Å². The number of anilines is 1. The van der Waals surface area contributed by atoms with Gasteiger partial charge >= 0.3 is 6.03 Å². The highest BCUT2D eigenvalue weighted by atomic mass is 16.2. The van der Waals surface area contributed by atoms with Crippen LogP contribution in [0.15, 0.2) is 49.1 Å². The van der Waals surface area contributed by atoms with Crippen LogP contribution in [0.2, 0.25) is 0 Å². The second-order valence-corrected chi connectivity index (χ2v) is 6.05. The van der Waals surface area contributed by atoms with E-state index in [0.29, 0.717) is 19.1 Å². The van der Waals surface area contributed by atoms with Gasteiger partial charge < -0.3 is 15.2 Å². The molecule has 0 unspecified atom stereocenters. The molecule has 4 rings (SSSR count). The van der Waals surface area contributed by atoms with Gasteiger partial charge in [0.15, 0.2) is 5.82 Å². The van der Waals surface area contributed by atoms with E-state index in [1.165, 1.54) is 0 Å². The zero-order valence-corrected chi connectivity index (χ0v) is 13.7.